The van der Waals surface area contributed by atoms with E-state index in [4.69, 9.17) is 16.1 Å². The minimum absolute atomic E-state index is 0.0233. The highest BCUT2D eigenvalue weighted by atomic mass is 35.5. The van der Waals surface area contributed by atoms with Crippen molar-refractivity contribution in [1.82, 2.24) is 20.4 Å². The molecule has 1 aromatic heterocycles. The highest BCUT2D eigenvalue weighted by Gasteiger charge is 2.31. The molecule has 8 heteroatoms. The Bertz CT molecular complexity index is 847. The molecule has 1 unspecified atom stereocenters. The molecule has 1 saturated carbocycles. The van der Waals surface area contributed by atoms with Gasteiger partial charge in [-0.2, -0.15) is 4.98 Å². The Morgan fingerprint density at radius 2 is 2.00 bits per heavy atom. The summed E-state index contributed by atoms with van der Waals surface area (Å²) >= 11 is 5.89. The van der Waals surface area contributed by atoms with Gasteiger partial charge >= 0.3 is 0 Å². The van der Waals surface area contributed by atoms with Gasteiger partial charge in [-0.15, -0.1) is 0 Å². The highest BCUT2D eigenvalue weighted by Crippen LogP contribution is 2.23. The van der Waals surface area contributed by atoms with Crippen LogP contribution in [0.3, 0.4) is 0 Å². The monoisotopic (exact) mass is 402 g/mol. The molecule has 0 spiro atoms. The maximum absolute atomic E-state index is 12.6. The smallest absolute Gasteiger partial charge is 0.227 e. The third-order valence-electron chi connectivity index (χ3n) is 5.19. The van der Waals surface area contributed by atoms with E-state index in [0.29, 0.717) is 48.7 Å². The molecule has 0 radical (unpaired) electrons. The molecule has 0 bridgehead atoms. The molecule has 2 amide bonds. The molecule has 1 aliphatic carbocycles. The molecule has 1 aromatic carbocycles. The van der Waals surface area contributed by atoms with Crippen LogP contribution in [0.4, 0.5) is 0 Å². The number of nitrogens with one attached hydrogen (secondary N) is 1. The Balaban J connectivity index is 1.29. The van der Waals surface area contributed by atoms with Crippen molar-refractivity contribution in [2.75, 3.05) is 13.1 Å². The average molecular weight is 403 g/mol. The van der Waals surface area contributed by atoms with Crippen LogP contribution in [0, 0.1) is 5.92 Å². The van der Waals surface area contributed by atoms with E-state index in [1.807, 2.05) is 12.1 Å². The molecule has 2 aliphatic rings. The Kier molecular flexibility index (Phi) is 5.62. The fraction of sp³-hybridized carbons (Fsp3) is 0.500. The van der Waals surface area contributed by atoms with E-state index in [-0.39, 0.29) is 17.7 Å². The summed E-state index contributed by atoms with van der Waals surface area (Å²) < 4.78 is 5.27. The number of hydrogen-bond donors (Lipinski definition) is 1. The molecule has 4 rings (SSSR count). The van der Waals surface area contributed by atoms with Crippen molar-refractivity contribution >= 4 is 23.4 Å². The third kappa shape index (κ3) is 4.70. The number of aromatic nitrogens is 2. The second kappa shape index (κ2) is 8.31. The topological polar surface area (TPSA) is 88.3 Å². The predicted molar refractivity (Wildman–Crippen MR) is 104 cm³/mol. The van der Waals surface area contributed by atoms with Crippen LogP contribution in [0.5, 0.6) is 0 Å². The van der Waals surface area contributed by atoms with Crippen molar-refractivity contribution in [3.63, 3.8) is 0 Å². The molecule has 1 saturated heterocycles. The van der Waals surface area contributed by atoms with E-state index in [9.17, 15) is 9.59 Å². The van der Waals surface area contributed by atoms with Gasteiger partial charge in [0.15, 0.2) is 0 Å². The molecule has 2 fully saturated rings. The summed E-state index contributed by atoms with van der Waals surface area (Å²) in [5, 5.41) is 7.65. The van der Waals surface area contributed by atoms with Crippen molar-refractivity contribution in [2.45, 2.75) is 44.6 Å². The minimum Gasteiger partial charge on any atom is -0.353 e. The van der Waals surface area contributed by atoms with Crippen LogP contribution < -0.4 is 5.32 Å². The SMILES string of the molecule is O=C(NC1CC1)C1CCCN(C(=O)CCc2nc(-c3ccc(Cl)cc3)no2)C1. The van der Waals surface area contributed by atoms with Crippen LogP contribution in [0.1, 0.15) is 38.0 Å². The number of halogens is 1. The Morgan fingerprint density at radius 3 is 2.75 bits per heavy atom. The number of piperidine rings is 1. The van der Waals surface area contributed by atoms with Gasteiger partial charge in [0.1, 0.15) is 0 Å². The van der Waals surface area contributed by atoms with E-state index in [0.717, 1.165) is 31.2 Å². The Hall–Kier alpha value is -2.41. The first-order chi connectivity index (χ1) is 13.6. The van der Waals surface area contributed by atoms with E-state index < -0.39 is 0 Å². The predicted octanol–water partition coefficient (Wildman–Crippen LogP) is 2.84. The van der Waals surface area contributed by atoms with Gasteiger partial charge in [0.25, 0.3) is 0 Å². The van der Waals surface area contributed by atoms with E-state index in [1.165, 1.54) is 0 Å². The number of carbonyl (C=O) groups is 2. The number of nitrogens with zero attached hydrogens (tertiary/aromatic N) is 3. The minimum atomic E-state index is -0.0989. The van der Waals surface area contributed by atoms with Crippen LogP contribution >= 0.6 is 11.6 Å². The molecule has 148 valence electrons. The van der Waals surface area contributed by atoms with Crippen molar-refractivity contribution in [3.8, 4) is 11.4 Å². The zero-order chi connectivity index (χ0) is 19.5. The highest BCUT2D eigenvalue weighted by molar-refractivity contribution is 6.30. The molecule has 2 heterocycles. The number of amides is 2. The normalized spacial score (nSPS) is 19.5. The molecule has 7 nitrogen and oxygen atoms in total. The fourth-order valence-electron chi connectivity index (χ4n) is 3.41. The zero-order valence-corrected chi connectivity index (χ0v) is 16.3. The Morgan fingerprint density at radius 1 is 1.21 bits per heavy atom. The van der Waals surface area contributed by atoms with Crippen LogP contribution in [-0.4, -0.2) is 46.0 Å². The second-order valence-corrected chi connectivity index (χ2v) is 7.92. The first-order valence-corrected chi connectivity index (χ1v) is 10.1. The maximum atomic E-state index is 12.6. The van der Waals surface area contributed by atoms with E-state index in [2.05, 4.69) is 15.5 Å². The molecule has 1 aliphatic heterocycles. The van der Waals surface area contributed by atoms with E-state index in [1.54, 1.807) is 17.0 Å². The van der Waals surface area contributed by atoms with Crippen LogP contribution in [0.2, 0.25) is 5.02 Å². The van der Waals surface area contributed by atoms with Gasteiger partial charge in [-0.25, -0.2) is 0 Å². The number of rotatable bonds is 6. The van der Waals surface area contributed by atoms with Crippen molar-refractivity contribution < 1.29 is 14.1 Å². The first kappa shape index (κ1) is 18.9. The summed E-state index contributed by atoms with van der Waals surface area (Å²) in [7, 11) is 0. The lowest BCUT2D eigenvalue weighted by Crippen LogP contribution is -2.45. The molecule has 1 N–H and O–H groups in total. The largest absolute Gasteiger partial charge is 0.353 e. The van der Waals surface area contributed by atoms with Gasteiger partial charge < -0.3 is 14.7 Å². The number of hydrogen-bond acceptors (Lipinski definition) is 5. The number of aryl methyl sites for hydroxylation is 1. The molecular weight excluding hydrogens is 380 g/mol. The summed E-state index contributed by atoms with van der Waals surface area (Å²) in [6.45, 7) is 1.20. The average Bonchev–Trinajstić information content (AvgIpc) is 3.40. The van der Waals surface area contributed by atoms with Crippen molar-refractivity contribution in [3.05, 3.63) is 35.2 Å². The quantitative estimate of drug-likeness (QED) is 0.802. The summed E-state index contributed by atoms with van der Waals surface area (Å²) in [4.78, 5) is 31.0. The summed E-state index contributed by atoms with van der Waals surface area (Å²) in [6, 6.07) is 7.53. The van der Waals surface area contributed by atoms with E-state index >= 15 is 0 Å². The lowest BCUT2D eigenvalue weighted by molar-refractivity contribution is -0.135. The summed E-state index contributed by atoms with van der Waals surface area (Å²) in [5.74, 6) is 0.921. The van der Waals surface area contributed by atoms with Gasteiger partial charge in [-0.1, -0.05) is 16.8 Å². The van der Waals surface area contributed by atoms with Crippen LogP contribution in [0.15, 0.2) is 28.8 Å². The van der Waals surface area contributed by atoms with Crippen molar-refractivity contribution in [1.29, 1.82) is 0 Å². The van der Waals surface area contributed by atoms with Gasteiger partial charge in [0.05, 0.1) is 5.92 Å². The standard InChI is InChI=1S/C20H23ClN4O3/c21-15-5-3-13(4-6-15)19-23-17(28-24-19)9-10-18(26)25-11-1-2-14(12-25)20(27)22-16-7-8-16/h3-6,14,16H,1-2,7-12H2,(H,22,27). The number of benzene rings is 1. The molecular formula is C20H23ClN4O3. The third-order valence-corrected chi connectivity index (χ3v) is 5.44. The first-order valence-electron chi connectivity index (χ1n) is 9.75. The molecule has 28 heavy (non-hydrogen) atoms. The summed E-state index contributed by atoms with van der Waals surface area (Å²) in [6.07, 6.45) is 4.52. The number of carbonyl (C=O) groups excluding carboxylic acids is 2. The van der Waals surface area contributed by atoms with Gasteiger partial charge in [0.2, 0.25) is 23.5 Å². The molecule has 1 atom stereocenters. The van der Waals surface area contributed by atoms with Gasteiger partial charge in [-0.3, -0.25) is 9.59 Å². The molecule has 2 aromatic rings. The Labute approximate surface area is 168 Å². The zero-order valence-electron chi connectivity index (χ0n) is 15.6. The van der Waals surface area contributed by atoms with Crippen molar-refractivity contribution in [2.24, 2.45) is 5.92 Å². The van der Waals surface area contributed by atoms with Gasteiger partial charge in [-0.05, 0) is 49.9 Å². The lowest BCUT2D eigenvalue weighted by Gasteiger charge is -2.32. The summed E-state index contributed by atoms with van der Waals surface area (Å²) in [5.41, 5.74) is 0.811. The van der Waals surface area contributed by atoms with Crippen LogP contribution in [-0.2, 0) is 16.0 Å². The fourth-order valence-corrected chi connectivity index (χ4v) is 3.53. The van der Waals surface area contributed by atoms with Crippen LogP contribution in [0.25, 0.3) is 11.4 Å². The second-order valence-electron chi connectivity index (χ2n) is 7.48. The maximum Gasteiger partial charge on any atom is 0.227 e. The lowest BCUT2D eigenvalue weighted by atomic mass is 9.96. The van der Waals surface area contributed by atoms with Gasteiger partial charge in [0, 0.05) is 42.6 Å². The number of likely N-dealkylation sites (tertiary alicyclic amines) is 1.